The van der Waals surface area contributed by atoms with Crippen LogP contribution in [0.25, 0.3) is 6.08 Å². The molecule has 0 aliphatic heterocycles. The Labute approximate surface area is 256 Å². The molecule has 10 heteroatoms. The van der Waals surface area contributed by atoms with Crippen molar-refractivity contribution in [2.24, 2.45) is 0 Å². The van der Waals surface area contributed by atoms with Crippen molar-refractivity contribution in [2.75, 3.05) is 31.7 Å². The summed E-state index contributed by atoms with van der Waals surface area (Å²) in [5, 5.41) is 5.60. The Balaban J connectivity index is 3.47. The van der Waals surface area contributed by atoms with Gasteiger partial charge in [-0.2, -0.15) is 11.8 Å². The van der Waals surface area contributed by atoms with Crippen molar-refractivity contribution < 1.29 is 28.7 Å². The predicted octanol–water partition coefficient (Wildman–Crippen LogP) is 5.89. The number of rotatable bonds is 19. The summed E-state index contributed by atoms with van der Waals surface area (Å²) in [5.41, 5.74) is 0.685. The molecule has 0 aliphatic carbocycles. The van der Waals surface area contributed by atoms with Gasteiger partial charge in [0, 0.05) is 13.1 Å². The normalized spacial score (nSPS) is 12.5. The average Bonchev–Trinajstić information content (AvgIpc) is 2.93. The molecule has 0 bridgehead atoms. The molecular weight excluding hydrogens is 554 g/mol. The first-order valence-electron chi connectivity index (χ1n) is 14.9. The van der Waals surface area contributed by atoms with Gasteiger partial charge in [-0.25, -0.2) is 4.79 Å². The molecule has 0 heterocycles. The minimum atomic E-state index is -0.983. The van der Waals surface area contributed by atoms with Crippen LogP contribution in [-0.4, -0.2) is 72.1 Å². The molecule has 1 rings (SSSR count). The van der Waals surface area contributed by atoms with Crippen molar-refractivity contribution in [3.63, 3.8) is 0 Å². The van der Waals surface area contributed by atoms with Gasteiger partial charge in [-0.15, -0.1) is 0 Å². The van der Waals surface area contributed by atoms with Gasteiger partial charge in [0.2, 0.25) is 11.8 Å². The lowest BCUT2D eigenvalue weighted by Crippen LogP contribution is -2.53. The predicted molar refractivity (Wildman–Crippen MR) is 170 cm³/mol. The largest absolute Gasteiger partial charge is 0.466 e. The molecule has 9 nitrogen and oxygen atoms in total. The van der Waals surface area contributed by atoms with Crippen LogP contribution in [0.1, 0.15) is 96.7 Å². The molecule has 3 amide bonds. The number of thioether (sulfide) groups is 1. The summed E-state index contributed by atoms with van der Waals surface area (Å²) < 4.78 is 10.5. The number of nitrogens with one attached hydrogen (secondary N) is 2. The fourth-order valence-corrected chi connectivity index (χ4v) is 4.81. The van der Waals surface area contributed by atoms with E-state index in [4.69, 9.17) is 9.47 Å². The van der Waals surface area contributed by atoms with E-state index in [2.05, 4.69) is 24.1 Å². The second kappa shape index (κ2) is 20.0. The van der Waals surface area contributed by atoms with Crippen LogP contribution in [0.3, 0.4) is 0 Å². The molecule has 2 N–H and O–H groups in total. The molecule has 0 fully saturated rings. The summed E-state index contributed by atoms with van der Waals surface area (Å²) in [6.07, 6.45) is 8.10. The Morgan fingerprint density at radius 3 is 2.43 bits per heavy atom. The Morgan fingerprint density at radius 1 is 1.10 bits per heavy atom. The van der Waals surface area contributed by atoms with E-state index >= 15 is 0 Å². The van der Waals surface area contributed by atoms with Gasteiger partial charge < -0.3 is 25.0 Å². The molecule has 0 saturated carbocycles. The highest BCUT2D eigenvalue weighted by atomic mass is 32.2. The zero-order chi connectivity index (χ0) is 31.5. The molecule has 0 saturated heterocycles. The molecule has 42 heavy (non-hydrogen) atoms. The second-order valence-electron chi connectivity index (χ2n) is 11.0. The Morgan fingerprint density at radius 2 is 1.81 bits per heavy atom. The van der Waals surface area contributed by atoms with Gasteiger partial charge in [0.1, 0.15) is 17.7 Å². The Bertz CT molecular complexity index is 1010. The van der Waals surface area contributed by atoms with Crippen LogP contribution in [0.2, 0.25) is 0 Å². The Hall–Kier alpha value is -3.01. The summed E-state index contributed by atoms with van der Waals surface area (Å²) in [6.45, 7) is 13.6. The average molecular weight is 606 g/mol. The topological polar surface area (TPSA) is 114 Å². The molecule has 0 aromatic heterocycles. The van der Waals surface area contributed by atoms with Crippen LogP contribution in [0.4, 0.5) is 4.79 Å². The summed E-state index contributed by atoms with van der Waals surface area (Å²) >= 11 is 1.56. The summed E-state index contributed by atoms with van der Waals surface area (Å²) in [4.78, 5) is 54.3. The smallest absolute Gasteiger partial charge is 0.408 e. The third-order valence-corrected chi connectivity index (χ3v) is 6.99. The number of esters is 1. The monoisotopic (exact) mass is 605 g/mol. The lowest BCUT2D eigenvalue weighted by molar-refractivity contribution is -0.144. The molecule has 236 valence electrons. The molecule has 1 aromatic rings. The zero-order valence-corrected chi connectivity index (χ0v) is 27.1. The molecule has 1 aromatic carbocycles. The number of carbonyl (C=O) groups is 4. The van der Waals surface area contributed by atoms with Gasteiger partial charge >= 0.3 is 12.1 Å². The second-order valence-corrected chi connectivity index (χ2v) is 12.0. The molecule has 0 aliphatic rings. The van der Waals surface area contributed by atoms with E-state index in [1.54, 1.807) is 56.5 Å². The van der Waals surface area contributed by atoms with Gasteiger partial charge in [0.05, 0.1) is 13.0 Å². The third kappa shape index (κ3) is 14.2. The maximum atomic E-state index is 14.3. The van der Waals surface area contributed by atoms with Crippen molar-refractivity contribution in [1.82, 2.24) is 15.5 Å². The van der Waals surface area contributed by atoms with E-state index < -0.39 is 35.7 Å². The number of hydrogen-bond donors (Lipinski definition) is 2. The van der Waals surface area contributed by atoms with Crippen molar-refractivity contribution in [3.05, 3.63) is 42.0 Å². The minimum Gasteiger partial charge on any atom is -0.466 e. The highest BCUT2D eigenvalue weighted by Crippen LogP contribution is 2.26. The van der Waals surface area contributed by atoms with E-state index in [9.17, 15) is 19.2 Å². The SMILES string of the molecule is C=Cc1cccc(C(C(=O)NCCC(=O)OCC)N(CCCCCCC)C(=O)C(CCSC)NC(=O)OC(C)(C)C)c1. The summed E-state index contributed by atoms with van der Waals surface area (Å²) in [7, 11) is 0. The summed E-state index contributed by atoms with van der Waals surface area (Å²) in [5.74, 6) is -0.562. The number of nitrogens with zero attached hydrogens (tertiary/aromatic N) is 1. The standard InChI is InChI=1S/C32H51N3O6S/c1-8-11-12-13-14-21-35(30(38)26(19-22-42-7)34-31(39)41-32(4,5)6)28(25-17-15-16-24(9-2)23-25)29(37)33-20-18-27(36)40-10-3/h9,15-17,23,26,28H,2,8,10-14,18-22H2,1,3-7H3,(H,33,37)(H,34,39). The van der Waals surface area contributed by atoms with Crippen LogP contribution in [0.15, 0.2) is 30.8 Å². The van der Waals surface area contributed by atoms with Crippen molar-refractivity contribution in [2.45, 2.75) is 97.2 Å². The van der Waals surface area contributed by atoms with Crippen LogP contribution < -0.4 is 10.6 Å². The first kappa shape index (κ1) is 37.0. The molecule has 0 spiro atoms. The van der Waals surface area contributed by atoms with E-state index in [1.807, 2.05) is 24.5 Å². The van der Waals surface area contributed by atoms with Gasteiger partial charge in [-0.3, -0.25) is 14.4 Å². The van der Waals surface area contributed by atoms with Crippen molar-refractivity contribution in [3.8, 4) is 0 Å². The lowest BCUT2D eigenvalue weighted by Gasteiger charge is -2.34. The van der Waals surface area contributed by atoms with Crippen molar-refractivity contribution >= 4 is 41.7 Å². The fraction of sp³-hybridized carbons (Fsp3) is 0.625. The molecule has 2 atom stereocenters. The highest BCUT2D eigenvalue weighted by molar-refractivity contribution is 7.98. The number of amides is 3. The zero-order valence-electron chi connectivity index (χ0n) is 26.3. The first-order chi connectivity index (χ1) is 20.0. The number of ether oxygens (including phenoxy) is 2. The van der Waals surface area contributed by atoms with E-state index in [0.717, 1.165) is 31.2 Å². The van der Waals surface area contributed by atoms with Crippen LogP contribution in [0, 0.1) is 0 Å². The number of carbonyl (C=O) groups excluding carboxylic acids is 4. The highest BCUT2D eigenvalue weighted by Gasteiger charge is 2.36. The number of benzene rings is 1. The molecular formula is C32H51N3O6S. The molecule has 2 unspecified atom stereocenters. The molecule has 0 radical (unpaired) electrons. The van der Waals surface area contributed by atoms with Crippen LogP contribution >= 0.6 is 11.8 Å². The van der Waals surface area contributed by atoms with Crippen molar-refractivity contribution in [1.29, 1.82) is 0 Å². The van der Waals surface area contributed by atoms with Gasteiger partial charge in [-0.1, -0.05) is 63.5 Å². The number of hydrogen-bond acceptors (Lipinski definition) is 7. The van der Waals surface area contributed by atoms with Crippen LogP contribution in [-0.2, 0) is 23.9 Å². The van der Waals surface area contributed by atoms with E-state index in [0.29, 0.717) is 30.7 Å². The quantitative estimate of drug-likeness (QED) is 0.149. The fourth-order valence-electron chi connectivity index (χ4n) is 4.34. The number of unbranched alkanes of at least 4 members (excludes halogenated alkanes) is 4. The Kier molecular flexibility index (Phi) is 17.6. The maximum absolute atomic E-state index is 14.3. The van der Waals surface area contributed by atoms with Crippen LogP contribution in [0.5, 0.6) is 0 Å². The van der Waals surface area contributed by atoms with Gasteiger partial charge in [0.25, 0.3) is 0 Å². The maximum Gasteiger partial charge on any atom is 0.408 e. The van der Waals surface area contributed by atoms with E-state index in [1.165, 1.54) is 0 Å². The van der Waals surface area contributed by atoms with Gasteiger partial charge in [-0.05, 0) is 69.7 Å². The minimum absolute atomic E-state index is 0.0144. The van der Waals surface area contributed by atoms with E-state index in [-0.39, 0.29) is 25.5 Å². The first-order valence-corrected chi connectivity index (χ1v) is 16.3. The summed E-state index contributed by atoms with van der Waals surface area (Å²) in [6, 6.07) is 5.45. The number of alkyl carbamates (subject to hydrolysis) is 1. The van der Waals surface area contributed by atoms with Gasteiger partial charge in [0.15, 0.2) is 0 Å². The third-order valence-electron chi connectivity index (χ3n) is 6.34. The lowest BCUT2D eigenvalue weighted by atomic mass is 9.99.